The second-order valence-corrected chi connectivity index (χ2v) is 6.85. The number of hydrogen-bond acceptors (Lipinski definition) is 4. The molecule has 1 aromatic heterocycles. The van der Waals surface area contributed by atoms with Gasteiger partial charge in [-0.25, -0.2) is 4.98 Å². The minimum Gasteiger partial charge on any atom is -0.478 e. The van der Waals surface area contributed by atoms with E-state index in [0.717, 1.165) is 30.0 Å². The molecule has 0 spiro atoms. The summed E-state index contributed by atoms with van der Waals surface area (Å²) in [4.78, 5) is 10.1. The van der Waals surface area contributed by atoms with Crippen LogP contribution >= 0.6 is 0 Å². The van der Waals surface area contributed by atoms with Crippen molar-refractivity contribution in [2.24, 2.45) is 0 Å². The Morgan fingerprint density at radius 2 is 2.15 bits per heavy atom. The molecule has 1 aliphatic heterocycles. The molecule has 1 aromatic carbocycles. The highest BCUT2D eigenvalue weighted by Crippen LogP contribution is 2.18. The smallest absolute Gasteiger partial charge is 0.205 e. The third kappa shape index (κ3) is 5.56. The van der Waals surface area contributed by atoms with Crippen molar-refractivity contribution in [1.29, 1.82) is 5.41 Å². The number of nitrogens with zero attached hydrogens (tertiary/aromatic N) is 2. The van der Waals surface area contributed by atoms with Crippen LogP contribution in [-0.4, -0.2) is 47.0 Å². The standard InChI is InChI=1S/C21H28N4O/c1-17-7-5-8-18(15-17)19-16-23-21(24-19)10-9-20(22)26-14-6-13-25-11-3-2-4-12-25/h5,7-10,15-16,22H,2-4,6,11-14H2,1H3,(H,23,24)/b10-9-,22-20?. The first-order valence-corrected chi connectivity index (χ1v) is 9.44. The highest BCUT2D eigenvalue weighted by molar-refractivity contribution is 5.88. The topological polar surface area (TPSA) is 65.0 Å². The molecule has 0 bridgehead atoms. The molecule has 3 rings (SSSR count). The molecule has 0 radical (unpaired) electrons. The third-order valence-corrected chi connectivity index (χ3v) is 4.64. The minimum absolute atomic E-state index is 0.178. The van der Waals surface area contributed by atoms with Crippen molar-refractivity contribution < 1.29 is 4.74 Å². The lowest BCUT2D eigenvalue weighted by molar-refractivity contribution is 0.202. The predicted octanol–water partition coefficient (Wildman–Crippen LogP) is 4.27. The van der Waals surface area contributed by atoms with Crippen LogP contribution in [0.4, 0.5) is 0 Å². The van der Waals surface area contributed by atoms with Crippen molar-refractivity contribution >= 4 is 12.0 Å². The molecule has 2 heterocycles. The average Bonchev–Trinajstić information content (AvgIpc) is 3.14. The number of piperidine rings is 1. The van der Waals surface area contributed by atoms with E-state index in [1.807, 2.05) is 12.3 Å². The number of imidazole rings is 1. The molecule has 138 valence electrons. The first-order valence-electron chi connectivity index (χ1n) is 9.44. The molecule has 5 heteroatoms. The number of likely N-dealkylation sites (tertiary alicyclic amines) is 1. The summed E-state index contributed by atoms with van der Waals surface area (Å²) in [5.41, 5.74) is 3.30. The average molecular weight is 352 g/mol. The second-order valence-electron chi connectivity index (χ2n) is 6.85. The van der Waals surface area contributed by atoms with Gasteiger partial charge < -0.3 is 14.6 Å². The van der Waals surface area contributed by atoms with Crippen LogP contribution in [0.1, 0.15) is 37.1 Å². The molecule has 26 heavy (non-hydrogen) atoms. The molecule has 0 saturated carbocycles. The third-order valence-electron chi connectivity index (χ3n) is 4.64. The molecule has 0 aliphatic carbocycles. The van der Waals surface area contributed by atoms with E-state index >= 15 is 0 Å². The van der Waals surface area contributed by atoms with Crippen molar-refractivity contribution in [3.05, 3.63) is 47.9 Å². The van der Waals surface area contributed by atoms with Crippen molar-refractivity contribution in [1.82, 2.24) is 14.9 Å². The molecule has 1 aliphatic rings. The Balaban J connectivity index is 1.42. The van der Waals surface area contributed by atoms with Gasteiger partial charge in [0.25, 0.3) is 0 Å². The summed E-state index contributed by atoms with van der Waals surface area (Å²) < 4.78 is 5.49. The summed E-state index contributed by atoms with van der Waals surface area (Å²) in [7, 11) is 0. The Bertz CT molecular complexity index is 744. The minimum atomic E-state index is 0.178. The number of aromatic nitrogens is 2. The Kier molecular flexibility index (Phi) is 6.61. The van der Waals surface area contributed by atoms with Gasteiger partial charge in [0.15, 0.2) is 0 Å². The lowest BCUT2D eigenvalue weighted by atomic mass is 10.1. The molecule has 0 unspecified atom stereocenters. The number of nitrogens with one attached hydrogen (secondary N) is 2. The number of benzene rings is 1. The Labute approximate surface area is 155 Å². The SMILES string of the molecule is Cc1cccc(-c2cnc(/C=C\C(=N)OCCCN3CCCCC3)[nH]2)c1. The molecule has 5 nitrogen and oxygen atoms in total. The van der Waals surface area contributed by atoms with Gasteiger partial charge in [-0.1, -0.05) is 30.2 Å². The summed E-state index contributed by atoms with van der Waals surface area (Å²) in [6.45, 7) is 6.14. The number of ether oxygens (including phenoxy) is 1. The Morgan fingerprint density at radius 3 is 2.96 bits per heavy atom. The van der Waals surface area contributed by atoms with Gasteiger partial charge in [-0.05, 0) is 57.0 Å². The predicted molar refractivity (Wildman–Crippen MR) is 106 cm³/mol. The molecular formula is C21H28N4O. The zero-order chi connectivity index (χ0) is 18.2. The van der Waals surface area contributed by atoms with Crippen molar-refractivity contribution in [3.63, 3.8) is 0 Å². The number of H-pyrrole nitrogens is 1. The zero-order valence-corrected chi connectivity index (χ0v) is 15.5. The van der Waals surface area contributed by atoms with Gasteiger partial charge in [0, 0.05) is 12.6 Å². The van der Waals surface area contributed by atoms with E-state index in [1.54, 1.807) is 12.2 Å². The number of aryl methyl sites for hydroxylation is 1. The maximum atomic E-state index is 7.90. The molecule has 1 saturated heterocycles. The van der Waals surface area contributed by atoms with Crippen molar-refractivity contribution in [3.8, 4) is 11.3 Å². The first-order chi connectivity index (χ1) is 12.7. The van der Waals surface area contributed by atoms with Gasteiger partial charge >= 0.3 is 0 Å². The highest BCUT2D eigenvalue weighted by atomic mass is 16.5. The van der Waals surface area contributed by atoms with E-state index in [2.05, 4.69) is 40.0 Å². The highest BCUT2D eigenvalue weighted by Gasteiger charge is 2.09. The summed E-state index contributed by atoms with van der Waals surface area (Å²) >= 11 is 0. The summed E-state index contributed by atoms with van der Waals surface area (Å²) in [6.07, 6.45) is 10.2. The van der Waals surface area contributed by atoms with E-state index in [-0.39, 0.29) is 5.90 Å². The molecular weight excluding hydrogens is 324 g/mol. The first kappa shape index (κ1) is 18.4. The maximum absolute atomic E-state index is 7.90. The molecule has 2 N–H and O–H groups in total. The van der Waals surface area contributed by atoms with Crippen LogP contribution in [0.3, 0.4) is 0 Å². The lowest BCUT2D eigenvalue weighted by Crippen LogP contribution is -2.31. The Morgan fingerprint density at radius 1 is 1.31 bits per heavy atom. The summed E-state index contributed by atoms with van der Waals surface area (Å²) in [5.74, 6) is 0.903. The molecule has 0 atom stereocenters. The molecule has 1 fully saturated rings. The van der Waals surface area contributed by atoms with Gasteiger partial charge in [-0.3, -0.25) is 5.41 Å². The van der Waals surface area contributed by atoms with Crippen LogP contribution in [0.5, 0.6) is 0 Å². The van der Waals surface area contributed by atoms with Crippen LogP contribution in [0.2, 0.25) is 0 Å². The fourth-order valence-electron chi connectivity index (χ4n) is 3.24. The second kappa shape index (κ2) is 9.34. The van der Waals surface area contributed by atoms with Gasteiger partial charge in [-0.2, -0.15) is 0 Å². The van der Waals surface area contributed by atoms with Crippen molar-refractivity contribution in [2.45, 2.75) is 32.6 Å². The Hall–Kier alpha value is -2.40. The van der Waals surface area contributed by atoms with Gasteiger partial charge in [-0.15, -0.1) is 0 Å². The van der Waals surface area contributed by atoms with E-state index in [4.69, 9.17) is 10.1 Å². The van der Waals surface area contributed by atoms with Crippen molar-refractivity contribution in [2.75, 3.05) is 26.2 Å². The number of rotatable bonds is 7. The van der Waals surface area contributed by atoms with Crippen LogP contribution in [-0.2, 0) is 4.74 Å². The van der Waals surface area contributed by atoms with E-state index < -0.39 is 0 Å². The molecule has 0 amide bonds. The van der Waals surface area contributed by atoms with Gasteiger partial charge in [0.05, 0.1) is 18.5 Å². The maximum Gasteiger partial charge on any atom is 0.205 e. The fourth-order valence-corrected chi connectivity index (χ4v) is 3.24. The number of hydrogen-bond donors (Lipinski definition) is 2. The van der Waals surface area contributed by atoms with Crippen LogP contribution in [0, 0.1) is 12.3 Å². The van der Waals surface area contributed by atoms with E-state index in [9.17, 15) is 0 Å². The zero-order valence-electron chi connectivity index (χ0n) is 15.5. The van der Waals surface area contributed by atoms with Gasteiger partial charge in [0.1, 0.15) is 5.82 Å². The summed E-state index contributed by atoms with van der Waals surface area (Å²) in [5, 5.41) is 7.90. The summed E-state index contributed by atoms with van der Waals surface area (Å²) in [6, 6.07) is 8.29. The normalized spacial score (nSPS) is 15.4. The molecule has 2 aromatic rings. The fraction of sp³-hybridized carbons (Fsp3) is 0.429. The largest absolute Gasteiger partial charge is 0.478 e. The lowest BCUT2D eigenvalue weighted by Gasteiger charge is -2.26. The van der Waals surface area contributed by atoms with Crippen LogP contribution < -0.4 is 0 Å². The van der Waals surface area contributed by atoms with Crippen LogP contribution in [0.15, 0.2) is 36.5 Å². The van der Waals surface area contributed by atoms with E-state index in [0.29, 0.717) is 6.61 Å². The van der Waals surface area contributed by atoms with Crippen LogP contribution in [0.25, 0.3) is 17.3 Å². The van der Waals surface area contributed by atoms with Gasteiger partial charge in [0.2, 0.25) is 5.90 Å². The number of aromatic amines is 1. The quantitative estimate of drug-likeness (QED) is 0.444. The van der Waals surface area contributed by atoms with E-state index in [1.165, 1.54) is 37.9 Å². The monoisotopic (exact) mass is 352 g/mol.